The third kappa shape index (κ3) is 2.83. The number of nitrogens with one attached hydrogen (secondary N) is 1. The molecule has 3 N–H and O–H groups in total. The number of hydrazine groups is 1. The van der Waals surface area contributed by atoms with Crippen molar-refractivity contribution in [2.45, 2.75) is 29.6 Å². The molecule has 0 aromatic rings. The Kier molecular flexibility index (Phi) is 4.01. The van der Waals surface area contributed by atoms with Crippen LogP contribution >= 0.6 is 34.8 Å². The Morgan fingerprint density at radius 1 is 1.55 bits per heavy atom. The fourth-order valence-electron chi connectivity index (χ4n) is 1.49. The molecule has 0 aliphatic heterocycles. The monoisotopic (exact) mass is 284 g/mol. The van der Waals surface area contributed by atoms with Crippen LogP contribution in [0.15, 0.2) is 0 Å². The molecule has 11 heavy (non-hydrogen) atoms. The molecule has 1 aliphatic rings. The molecule has 0 aromatic carbocycles. The molecule has 0 amide bonds. The first-order valence-electron chi connectivity index (χ1n) is 3.88. The van der Waals surface area contributed by atoms with Crippen LogP contribution in [0.1, 0.15) is 25.7 Å². The Bertz CT molecular complexity index is 151. The van der Waals surface area contributed by atoms with E-state index in [4.69, 9.17) is 18.1 Å². The van der Waals surface area contributed by atoms with E-state index in [1.807, 2.05) is 0 Å². The topological polar surface area (TPSA) is 38.0 Å². The predicted octanol–water partition coefficient (Wildman–Crippen LogP) is 1.77. The van der Waals surface area contributed by atoms with Gasteiger partial charge >= 0.3 is 0 Å². The van der Waals surface area contributed by atoms with Crippen LogP contribution in [0.2, 0.25) is 0 Å². The number of halogens is 1. The number of alkyl halides is 1. The quantitative estimate of drug-likeness (QED) is 0.253. The van der Waals surface area contributed by atoms with Gasteiger partial charge in [-0.2, -0.15) is 0 Å². The van der Waals surface area contributed by atoms with Crippen LogP contribution in [-0.4, -0.2) is 8.91 Å². The number of hydrogen-bond donors (Lipinski definition) is 2. The number of nitrogens with two attached hydrogens (primary N) is 1. The largest absolute Gasteiger partial charge is 0.318 e. The van der Waals surface area contributed by atoms with Crippen LogP contribution < -0.4 is 11.3 Å². The van der Waals surface area contributed by atoms with Crippen LogP contribution in [0.25, 0.3) is 0 Å². The standard InChI is InChI=1S/C7H13IN2S/c8-6-3-1-2-5(4-6)7(11)10-9/h5-6H,1-4,9H2,(H,10,11)/t5-,6-/m0/s1. The lowest BCUT2D eigenvalue weighted by molar-refractivity contribution is 0.456. The first kappa shape index (κ1) is 9.67. The zero-order valence-electron chi connectivity index (χ0n) is 6.35. The summed E-state index contributed by atoms with van der Waals surface area (Å²) in [6.07, 6.45) is 5.04. The Labute approximate surface area is 86.4 Å². The van der Waals surface area contributed by atoms with Gasteiger partial charge in [-0.05, 0) is 19.3 Å². The zero-order chi connectivity index (χ0) is 8.27. The molecule has 1 rings (SSSR count). The zero-order valence-corrected chi connectivity index (χ0v) is 9.32. The van der Waals surface area contributed by atoms with Gasteiger partial charge in [-0.25, -0.2) is 0 Å². The van der Waals surface area contributed by atoms with Crippen molar-refractivity contribution in [2.24, 2.45) is 11.8 Å². The molecule has 0 saturated heterocycles. The van der Waals surface area contributed by atoms with Crippen molar-refractivity contribution in [1.29, 1.82) is 0 Å². The summed E-state index contributed by atoms with van der Waals surface area (Å²) in [6.45, 7) is 0. The van der Waals surface area contributed by atoms with Crippen LogP contribution in [0.4, 0.5) is 0 Å². The van der Waals surface area contributed by atoms with Gasteiger partial charge in [-0.1, -0.05) is 41.2 Å². The van der Waals surface area contributed by atoms with Crippen molar-refractivity contribution in [1.82, 2.24) is 5.43 Å². The Balaban J connectivity index is 2.39. The fraction of sp³-hybridized carbons (Fsp3) is 0.857. The molecule has 0 bridgehead atoms. The second kappa shape index (κ2) is 4.57. The molecule has 0 radical (unpaired) electrons. The molecule has 0 unspecified atom stereocenters. The highest BCUT2D eigenvalue weighted by Gasteiger charge is 2.22. The molecular weight excluding hydrogens is 271 g/mol. The van der Waals surface area contributed by atoms with E-state index in [1.165, 1.54) is 25.7 Å². The third-order valence-electron chi connectivity index (χ3n) is 2.12. The summed E-state index contributed by atoms with van der Waals surface area (Å²) in [5, 5.41) is 0. The van der Waals surface area contributed by atoms with Gasteiger partial charge in [0.15, 0.2) is 0 Å². The molecular formula is C7H13IN2S. The minimum absolute atomic E-state index is 0.533. The first-order valence-corrected chi connectivity index (χ1v) is 5.54. The van der Waals surface area contributed by atoms with Gasteiger partial charge < -0.3 is 5.43 Å². The number of hydrogen-bond acceptors (Lipinski definition) is 2. The van der Waals surface area contributed by atoms with Gasteiger partial charge in [0, 0.05) is 9.84 Å². The molecule has 2 atom stereocenters. The van der Waals surface area contributed by atoms with E-state index >= 15 is 0 Å². The van der Waals surface area contributed by atoms with Crippen molar-refractivity contribution < 1.29 is 0 Å². The molecule has 0 aromatic heterocycles. The van der Waals surface area contributed by atoms with Gasteiger partial charge in [0.05, 0.1) is 4.99 Å². The van der Waals surface area contributed by atoms with Gasteiger partial charge in [0.1, 0.15) is 0 Å². The summed E-state index contributed by atoms with van der Waals surface area (Å²) < 4.78 is 0.789. The van der Waals surface area contributed by atoms with E-state index in [9.17, 15) is 0 Å². The van der Waals surface area contributed by atoms with Crippen LogP contribution in [0, 0.1) is 5.92 Å². The highest BCUT2D eigenvalue weighted by molar-refractivity contribution is 14.1. The second-order valence-electron chi connectivity index (χ2n) is 2.97. The minimum atomic E-state index is 0.533. The summed E-state index contributed by atoms with van der Waals surface area (Å²) in [5.41, 5.74) is 2.58. The van der Waals surface area contributed by atoms with Gasteiger partial charge in [0.25, 0.3) is 0 Å². The molecule has 64 valence electrons. The normalized spacial score (nSPS) is 31.5. The average molecular weight is 284 g/mol. The Morgan fingerprint density at radius 3 is 2.82 bits per heavy atom. The van der Waals surface area contributed by atoms with E-state index in [0.717, 1.165) is 8.91 Å². The summed E-state index contributed by atoms with van der Waals surface area (Å²) in [6, 6.07) is 0. The maximum Gasteiger partial charge on any atom is 0.0924 e. The molecule has 1 fully saturated rings. The molecule has 1 aliphatic carbocycles. The first-order chi connectivity index (χ1) is 5.24. The minimum Gasteiger partial charge on any atom is -0.318 e. The van der Waals surface area contributed by atoms with Gasteiger partial charge in [-0.15, -0.1) is 0 Å². The lowest BCUT2D eigenvalue weighted by Gasteiger charge is -2.25. The van der Waals surface area contributed by atoms with Gasteiger partial charge in [0.2, 0.25) is 0 Å². The van der Waals surface area contributed by atoms with Crippen LogP contribution in [0.3, 0.4) is 0 Å². The molecule has 2 nitrogen and oxygen atoms in total. The summed E-state index contributed by atoms with van der Waals surface area (Å²) >= 11 is 7.58. The van der Waals surface area contributed by atoms with Crippen molar-refractivity contribution in [3.05, 3.63) is 0 Å². The van der Waals surface area contributed by atoms with E-state index < -0.39 is 0 Å². The lowest BCUT2D eigenvalue weighted by atomic mass is 9.89. The highest BCUT2D eigenvalue weighted by Crippen LogP contribution is 2.29. The van der Waals surface area contributed by atoms with Crippen molar-refractivity contribution >= 4 is 39.8 Å². The van der Waals surface area contributed by atoms with E-state index in [-0.39, 0.29) is 0 Å². The average Bonchev–Trinajstić information content (AvgIpc) is 2.03. The summed E-state index contributed by atoms with van der Waals surface area (Å²) in [4.78, 5) is 0.839. The highest BCUT2D eigenvalue weighted by atomic mass is 127. The maximum absolute atomic E-state index is 5.25. The molecule has 4 heteroatoms. The van der Waals surface area contributed by atoms with Crippen LogP contribution in [-0.2, 0) is 0 Å². The number of rotatable bonds is 1. The predicted molar refractivity (Wildman–Crippen MR) is 59.7 cm³/mol. The van der Waals surface area contributed by atoms with Crippen molar-refractivity contribution in [2.75, 3.05) is 0 Å². The van der Waals surface area contributed by atoms with Crippen molar-refractivity contribution in [3.63, 3.8) is 0 Å². The Hall–Kier alpha value is 0.580. The van der Waals surface area contributed by atoms with Crippen LogP contribution in [0.5, 0.6) is 0 Å². The van der Waals surface area contributed by atoms with E-state index in [2.05, 4.69) is 28.0 Å². The van der Waals surface area contributed by atoms with Gasteiger partial charge in [-0.3, -0.25) is 5.84 Å². The summed E-state index contributed by atoms with van der Waals surface area (Å²) in [5.74, 6) is 5.79. The fourth-order valence-corrected chi connectivity index (χ4v) is 2.75. The number of thiocarbonyl (C=S) groups is 1. The van der Waals surface area contributed by atoms with Crippen molar-refractivity contribution in [3.8, 4) is 0 Å². The maximum atomic E-state index is 5.25. The molecule has 0 heterocycles. The smallest absolute Gasteiger partial charge is 0.0924 e. The molecule has 1 saturated carbocycles. The SMILES string of the molecule is NNC(=S)[C@H]1CCC[C@H](I)C1. The molecule has 0 spiro atoms. The second-order valence-corrected chi connectivity index (χ2v) is 5.17. The lowest BCUT2D eigenvalue weighted by Crippen LogP contribution is -2.36. The van der Waals surface area contributed by atoms with E-state index in [0.29, 0.717) is 5.92 Å². The Morgan fingerprint density at radius 2 is 2.27 bits per heavy atom. The van der Waals surface area contributed by atoms with E-state index in [1.54, 1.807) is 0 Å². The third-order valence-corrected chi connectivity index (χ3v) is 3.71. The summed E-state index contributed by atoms with van der Waals surface area (Å²) in [7, 11) is 0.